The lowest BCUT2D eigenvalue weighted by atomic mass is 10.1. The van der Waals surface area contributed by atoms with Crippen LogP contribution in [0.2, 0.25) is 0 Å². The Hall–Kier alpha value is -1.88. The van der Waals surface area contributed by atoms with Crippen LogP contribution >= 0.6 is 0 Å². The number of rotatable bonds is 6. The summed E-state index contributed by atoms with van der Waals surface area (Å²) in [5.41, 5.74) is 0.738. The monoisotopic (exact) mass is 265 g/mol. The molecule has 2 atom stereocenters. The van der Waals surface area contributed by atoms with Crippen LogP contribution in [0.1, 0.15) is 25.0 Å². The zero-order valence-electron chi connectivity index (χ0n) is 11.4. The molecule has 1 amide bonds. The molecule has 104 valence electrons. The lowest BCUT2D eigenvalue weighted by Crippen LogP contribution is -2.43. The molecule has 0 aliphatic heterocycles. The van der Waals surface area contributed by atoms with Gasteiger partial charge < -0.3 is 14.8 Å². The van der Waals surface area contributed by atoms with E-state index in [1.54, 1.807) is 19.1 Å². The van der Waals surface area contributed by atoms with Gasteiger partial charge in [-0.2, -0.15) is 0 Å². The largest absolute Gasteiger partial charge is 0.467 e. The molecule has 0 radical (unpaired) electrons. The smallest absolute Gasteiger partial charge is 0.328 e. The van der Waals surface area contributed by atoms with Crippen LogP contribution in [0.4, 0.5) is 0 Å². The van der Waals surface area contributed by atoms with Crippen LogP contribution in [0, 0.1) is 0 Å². The van der Waals surface area contributed by atoms with Gasteiger partial charge in [0.2, 0.25) is 0 Å². The molecule has 0 saturated heterocycles. The number of esters is 1. The summed E-state index contributed by atoms with van der Waals surface area (Å²) in [6.45, 7) is 1.80. The minimum atomic E-state index is -0.736. The molecule has 0 aliphatic rings. The Morgan fingerprint density at radius 2 is 1.84 bits per heavy atom. The fourth-order valence-corrected chi connectivity index (χ4v) is 1.74. The number of carbonyl (C=O) groups excluding carboxylic acids is 2. The van der Waals surface area contributed by atoms with E-state index in [1.807, 2.05) is 18.2 Å². The van der Waals surface area contributed by atoms with Gasteiger partial charge in [0.1, 0.15) is 6.04 Å². The zero-order chi connectivity index (χ0) is 14.3. The van der Waals surface area contributed by atoms with Gasteiger partial charge >= 0.3 is 5.97 Å². The number of hydrogen-bond donors (Lipinski definition) is 1. The Kier molecular flexibility index (Phi) is 6.02. The minimum absolute atomic E-state index is 0.356. The Balaban J connectivity index is 2.77. The lowest BCUT2D eigenvalue weighted by Gasteiger charge is -2.19. The highest BCUT2D eigenvalue weighted by Gasteiger charge is 2.25. The molecule has 5 nitrogen and oxygen atoms in total. The Labute approximate surface area is 112 Å². The molecule has 1 rings (SSSR count). The Morgan fingerprint density at radius 1 is 1.21 bits per heavy atom. The second-order valence-corrected chi connectivity index (χ2v) is 4.02. The fourth-order valence-electron chi connectivity index (χ4n) is 1.74. The molecule has 0 saturated carbocycles. The van der Waals surface area contributed by atoms with E-state index in [2.05, 4.69) is 10.1 Å². The van der Waals surface area contributed by atoms with E-state index in [-0.39, 0.29) is 5.91 Å². The lowest BCUT2D eigenvalue weighted by molar-refractivity contribution is -0.146. The quantitative estimate of drug-likeness (QED) is 0.790. The second kappa shape index (κ2) is 7.53. The highest BCUT2D eigenvalue weighted by molar-refractivity contribution is 5.87. The second-order valence-electron chi connectivity index (χ2n) is 4.02. The number of amides is 1. The molecule has 0 aromatic heterocycles. The summed E-state index contributed by atoms with van der Waals surface area (Å²) < 4.78 is 9.82. The van der Waals surface area contributed by atoms with E-state index in [1.165, 1.54) is 14.2 Å². The van der Waals surface area contributed by atoms with Crippen LogP contribution < -0.4 is 5.32 Å². The molecule has 19 heavy (non-hydrogen) atoms. The summed E-state index contributed by atoms with van der Waals surface area (Å²) in [5, 5.41) is 2.63. The van der Waals surface area contributed by atoms with Crippen LogP contribution in [-0.4, -0.2) is 32.1 Å². The summed E-state index contributed by atoms with van der Waals surface area (Å²) in [5.74, 6) is -0.815. The maximum Gasteiger partial charge on any atom is 0.328 e. The first-order valence-corrected chi connectivity index (χ1v) is 6.10. The van der Waals surface area contributed by atoms with Crippen LogP contribution in [0.5, 0.6) is 0 Å². The minimum Gasteiger partial charge on any atom is -0.467 e. The summed E-state index contributed by atoms with van der Waals surface area (Å²) in [6, 6.07) is 8.45. The van der Waals surface area contributed by atoms with Gasteiger partial charge in [-0.1, -0.05) is 37.3 Å². The summed E-state index contributed by atoms with van der Waals surface area (Å²) >= 11 is 0. The van der Waals surface area contributed by atoms with Gasteiger partial charge in [0.15, 0.2) is 6.10 Å². The van der Waals surface area contributed by atoms with Gasteiger partial charge in [-0.25, -0.2) is 4.79 Å². The molecule has 0 spiro atoms. The third-order valence-electron chi connectivity index (χ3n) is 2.79. The normalized spacial score (nSPS) is 13.4. The maximum absolute atomic E-state index is 12.1. The van der Waals surface area contributed by atoms with Crippen molar-refractivity contribution >= 4 is 11.9 Å². The van der Waals surface area contributed by atoms with Crippen LogP contribution in [-0.2, 0) is 19.1 Å². The van der Waals surface area contributed by atoms with Crippen LogP contribution in [0.3, 0.4) is 0 Å². The number of hydrogen-bond acceptors (Lipinski definition) is 4. The van der Waals surface area contributed by atoms with Gasteiger partial charge in [-0.15, -0.1) is 0 Å². The summed E-state index contributed by atoms with van der Waals surface area (Å²) in [6.07, 6.45) is -0.274. The maximum atomic E-state index is 12.1. The van der Waals surface area contributed by atoms with Gasteiger partial charge in [0, 0.05) is 7.11 Å². The topological polar surface area (TPSA) is 64.6 Å². The molecule has 0 fully saturated rings. The van der Waals surface area contributed by atoms with E-state index in [4.69, 9.17) is 4.74 Å². The van der Waals surface area contributed by atoms with E-state index in [9.17, 15) is 9.59 Å². The van der Waals surface area contributed by atoms with Crippen molar-refractivity contribution in [3.63, 3.8) is 0 Å². The SMILES string of the molecule is CC[C@@H](NC(=O)[C@H](OC)c1ccccc1)C(=O)OC. The molecule has 0 heterocycles. The molecule has 0 unspecified atom stereocenters. The van der Waals surface area contributed by atoms with E-state index < -0.39 is 18.1 Å². The van der Waals surface area contributed by atoms with Gasteiger partial charge in [-0.05, 0) is 12.0 Å². The van der Waals surface area contributed by atoms with E-state index in [0.29, 0.717) is 6.42 Å². The molecule has 5 heteroatoms. The average molecular weight is 265 g/mol. The van der Waals surface area contributed by atoms with Crippen LogP contribution in [0.25, 0.3) is 0 Å². The van der Waals surface area contributed by atoms with Gasteiger partial charge in [0.05, 0.1) is 7.11 Å². The third-order valence-corrected chi connectivity index (χ3v) is 2.79. The molecular weight excluding hydrogens is 246 g/mol. The van der Waals surface area contributed by atoms with E-state index >= 15 is 0 Å². The van der Waals surface area contributed by atoms with E-state index in [0.717, 1.165) is 5.56 Å². The highest BCUT2D eigenvalue weighted by Crippen LogP contribution is 2.16. The Morgan fingerprint density at radius 3 is 2.32 bits per heavy atom. The molecule has 1 aromatic carbocycles. The first-order chi connectivity index (χ1) is 9.13. The van der Waals surface area contributed by atoms with Gasteiger partial charge in [0.25, 0.3) is 5.91 Å². The number of ether oxygens (including phenoxy) is 2. The standard InChI is InChI=1S/C14H19NO4/c1-4-11(14(17)19-3)15-13(16)12(18-2)10-8-6-5-7-9-10/h5-9,11-12H,4H2,1-3H3,(H,15,16)/t11-,12-/m1/s1. The van der Waals surface area contributed by atoms with Crippen molar-refractivity contribution in [2.45, 2.75) is 25.5 Å². The van der Waals surface area contributed by atoms with Gasteiger partial charge in [-0.3, -0.25) is 4.79 Å². The van der Waals surface area contributed by atoms with Crippen molar-refractivity contribution in [2.75, 3.05) is 14.2 Å². The van der Waals surface area contributed by atoms with Crippen molar-refractivity contribution < 1.29 is 19.1 Å². The number of methoxy groups -OCH3 is 2. The van der Waals surface area contributed by atoms with Crippen molar-refractivity contribution in [1.82, 2.24) is 5.32 Å². The predicted molar refractivity (Wildman–Crippen MR) is 70.4 cm³/mol. The van der Waals surface area contributed by atoms with Crippen molar-refractivity contribution in [2.24, 2.45) is 0 Å². The summed E-state index contributed by atoms with van der Waals surface area (Å²) in [4.78, 5) is 23.6. The predicted octanol–water partition coefficient (Wildman–Crippen LogP) is 1.44. The zero-order valence-corrected chi connectivity index (χ0v) is 11.4. The van der Waals surface area contributed by atoms with Crippen molar-refractivity contribution in [3.05, 3.63) is 35.9 Å². The molecule has 1 aromatic rings. The van der Waals surface area contributed by atoms with Crippen molar-refractivity contribution in [1.29, 1.82) is 0 Å². The summed E-state index contributed by atoms with van der Waals surface area (Å²) in [7, 11) is 2.75. The molecule has 0 aliphatic carbocycles. The first-order valence-electron chi connectivity index (χ1n) is 6.10. The molecular formula is C14H19NO4. The number of benzene rings is 1. The first kappa shape index (κ1) is 15.2. The number of carbonyl (C=O) groups is 2. The molecule has 0 bridgehead atoms. The van der Waals surface area contributed by atoms with Crippen molar-refractivity contribution in [3.8, 4) is 0 Å². The fraction of sp³-hybridized carbons (Fsp3) is 0.429. The average Bonchev–Trinajstić information content (AvgIpc) is 2.45. The van der Waals surface area contributed by atoms with Crippen LogP contribution in [0.15, 0.2) is 30.3 Å². The highest BCUT2D eigenvalue weighted by atomic mass is 16.5. The number of nitrogens with one attached hydrogen (secondary N) is 1. The Bertz CT molecular complexity index is 419. The molecule has 1 N–H and O–H groups in total. The third kappa shape index (κ3) is 4.06.